The smallest absolute Gasteiger partial charge is 0.146 e. The molecule has 96 valence electrons. The minimum absolute atomic E-state index is 0.0428. The molecular weight excluding hydrogens is 232 g/mol. The summed E-state index contributed by atoms with van der Waals surface area (Å²) in [5.41, 5.74) is 6.24. The van der Waals surface area contributed by atoms with Crippen molar-refractivity contribution in [3.8, 4) is 0 Å². The maximum atomic E-state index is 12.0. The van der Waals surface area contributed by atoms with Crippen molar-refractivity contribution in [3.05, 3.63) is 16.1 Å². The van der Waals surface area contributed by atoms with Gasteiger partial charge in [0, 0.05) is 22.8 Å². The third-order valence-electron chi connectivity index (χ3n) is 2.90. The Kier molecular flexibility index (Phi) is 4.10. The van der Waals surface area contributed by atoms with Crippen LogP contribution in [0.3, 0.4) is 0 Å². The second-order valence-corrected chi connectivity index (χ2v) is 7.01. The van der Waals surface area contributed by atoms with E-state index in [2.05, 4.69) is 25.8 Å². The standard InChI is InChI=1S/C13H22N2OS/c1-12(2,3)9-7-17-11(15-9)6-10(16)13(4,5)8-14/h7H,6,8,14H2,1-5H3. The number of carbonyl (C=O) groups is 1. The molecule has 17 heavy (non-hydrogen) atoms. The van der Waals surface area contributed by atoms with E-state index < -0.39 is 5.41 Å². The molecule has 0 aliphatic rings. The molecule has 1 heterocycles. The first-order valence-electron chi connectivity index (χ1n) is 5.85. The van der Waals surface area contributed by atoms with Gasteiger partial charge in [-0.1, -0.05) is 34.6 Å². The van der Waals surface area contributed by atoms with Gasteiger partial charge in [0.25, 0.3) is 0 Å². The Hall–Kier alpha value is -0.740. The highest BCUT2D eigenvalue weighted by molar-refractivity contribution is 7.09. The largest absolute Gasteiger partial charge is 0.329 e. The number of carbonyl (C=O) groups excluding carboxylic acids is 1. The summed E-state index contributed by atoms with van der Waals surface area (Å²) in [6.07, 6.45) is 0.394. The second-order valence-electron chi connectivity index (χ2n) is 6.06. The van der Waals surface area contributed by atoms with E-state index in [-0.39, 0.29) is 11.2 Å². The predicted molar refractivity (Wildman–Crippen MR) is 72.4 cm³/mol. The molecule has 0 saturated heterocycles. The van der Waals surface area contributed by atoms with Gasteiger partial charge in [-0.05, 0) is 0 Å². The average Bonchev–Trinajstić information content (AvgIpc) is 2.65. The molecule has 0 saturated carbocycles. The van der Waals surface area contributed by atoms with Crippen LogP contribution < -0.4 is 5.73 Å². The number of hydrogen-bond donors (Lipinski definition) is 1. The molecule has 0 amide bonds. The maximum absolute atomic E-state index is 12.0. The van der Waals surface area contributed by atoms with Crippen LogP contribution in [0.25, 0.3) is 0 Å². The molecule has 0 aliphatic heterocycles. The lowest BCUT2D eigenvalue weighted by Crippen LogP contribution is -2.33. The van der Waals surface area contributed by atoms with Gasteiger partial charge in [0.1, 0.15) is 10.8 Å². The molecule has 2 N–H and O–H groups in total. The van der Waals surface area contributed by atoms with Gasteiger partial charge in [0.2, 0.25) is 0 Å². The van der Waals surface area contributed by atoms with Crippen molar-refractivity contribution in [2.24, 2.45) is 11.1 Å². The zero-order valence-electron chi connectivity index (χ0n) is 11.3. The lowest BCUT2D eigenvalue weighted by Gasteiger charge is -2.19. The van der Waals surface area contributed by atoms with Crippen molar-refractivity contribution in [1.29, 1.82) is 0 Å². The molecule has 0 bridgehead atoms. The van der Waals surface area contributed by atoms with Crippen LogP contribution >= 0.6 is 11.3 Å². The van der Waals surface area contributed by atoms with Crippen LogP contribution in [0.15, 0.2) is 5.38 Å². The molecule has 0 fully saturated rings. The highest BCUT2D eigenvalue weighted by atomic mass is 32.1. The second kappa shape index (κ2) is 4.86. The van der Waals surface area contributed by atoms with E-state index >= 15 is 0 Å². The first-order valence-corrected chi connectivity index (χ1v) is 6.73. The monoisotopic (exact) mass is 254 g/mol. The van der Waals surface area contributed by atoms with Crippen LogP contribution in [0.2, 0.25) is 0 Å². The maximum Gasteiger partial charge on any atom is 0.146 e. The first kappa shape index (κ1) is 14.3. The van der Waals surface area contributed by atoms with Crippen molar-refractivity contribution < 1.29 is 4.79 Å². The topological polar surface area (TPSA) is 56.0 Å². The zero-order chi connectivity index (χ0) is 13.3. The number of hydrogen-bond acceptors (Lipinski definition) is 4. The van der Waals surface area contributed by atoms with E-state index in [1.807, 2.05) is 19.2 Å². The summed E-state index contributed by atoms with van der Waals surface area (Å²) in [7, 11) is 0. The van der Waals surface area contributed by atoms with Gasteiger partial charge >= 0.3 is 0 Å². The van der Waals surface area contributed by atoms with Gasteiger partial charge in [0.15, 0.2) is 0 Å². The van der Waals surface area contributed by atoms with Crippen molar-refractivity contribution in [2.45, 2.75) is 46.5 Å². The Labute approximate surface area is 107 Å². The first-order chi connectivity index (χ1) is 7.66. The summed E-state index contributed by atoms with van der Waals surface area (Å²) in [6.45, 7) is 10.5. The lowest BCUT2D eigenvalue weighted by atomic mass is 9.87. The van der Waals surface area contributed by atoms with Crippen LogP contribution in [0.1, 0.15) is 45.3 Å². The van der Waals surface area contributed by atoms with E-state index in [4.69, 9.17) is 5.73 Å². The molecule has 1 rings (SSSR count). The average molecular weight is 254 g/mol. The van der Waals surface area contributed by atoms with Gasteiger partial charge in [0.05, 0.1) is 12.1 Å². The van der Waals surface area contributed by atoms with Crippen LogP contribution in [0.5, 0.6) is 0 Å². The van der Waals surface area contributed by atoms with Crippen LogP contribution in [0, 0.1) is 5.41 Å². The summed E-state index contributed by atoms with van der Waals surface area (Å²) in [4.78, 5) is 16.5. The van der Waals surface area contributed by atoms with Crippen molar-refractivity contribution in [2.75, 3.05) is 6.54 Å². The number of nitrogens with two attached hydrogens (primary N) is 1. The fourth-order valence-electron chi connectivity index (χ4n) is 1.23. The summed E-state index contributed by atoms with van der Waals surface area (Å²) in [5.74, 6) is 0.162. The summed E-state index contributed by atoms with van der Waals surface area (Å²) >= 11 is 1.56. The molecule has 0 aromatic carbocycles. The third-order valence-corrected chi connectivity index (χ3v) is 3.75. The van der Waals surface area contributed by atoms with E-state index in [0.29, 0.717) is 13.0 Å². The number of nitrogens with zero attached hydrogens (tertiary/aromatic N) is 1. The quantitative estimate of drug-likeness (QED) is 0.898. The van der Waals surface area contributed by atoms with Gasteiger partial charge in [-0.2, -0.15) is 0 Å². The Balaban J connectivity index is 2.77. The Bertz CT molecular complexity index is 402. The highest BCUT2D eigenvalue weighted by Crippen LogP contribution is 2.25. The minimum Gasteiger partial charge on any atom is -0.329 e. The summed E-state index contributed by atoms with van der Waals surface area (Å²) in [5, 5.41) is 2.93. The Morgan fingerprint density at radius 3 is 2.35 bits per heavy atom. The van der Waals surface area contributed by atoms with Gasteiger partial charge in [-0.25, -0.2) is 4.98 Å². The van der Waals surface area contributed by atoms with Gasteiger partial charge < -0.3 is 5.73 Å². The van der Waals surface area contributed by atoms with E-state index in [1.165, 1.54) is 0 Å². The molecule has 0 radical (unpaired) electrons. The fourth-order valence-corrected chi connectivity index (χ4v) is 2.25. The lowest BCUT2D eigenvalue weighted by molar-refractivity contribution is -0.125. The molecule has 0 atom stereocenters. The Morgan fingerprint density at radius 2 is 1.94 bits per heavy atom. The third kappa shape index (κ3) is 3.61. The van der Waals surface area contributed by atoms with E-state index in [1.54, 1.807) is 11.3 Å². The molecule has 0 aliphatic carbocycles. The molecular formula is C13H22N2OS. The molecule has 4 heteroatoms. The summed E-state index contributed by atoms with van der Waals surface area (Å²) < 4.78 is 0. The van der Waals surface area contributed by atoms with Gasteiger partial charge in [-0.3, -0.25) is 4.79 Å². The normalized spacial score (nSPS) is 12.8. The molecule has 1 aromatic rings. The van der Waals surface area contributed by atoms with Crippen molar-refractivity contribution in [1.82, 2.24) is 4.98 Å². The predicted octanol–water partition coefficient (Wildman–Crippen LogP) is 2.54. The van der Waals surface area contributed by atoms with Gasteiger partial charge in [-0.15, -0.1) is 11.3 Å². The van der Waals surface area contributed by atoms with E-state index in [9.17, 15) is 4.79 Å². The van der Waals surface area contributed by atoms with Crippen LogP contribution in [-0.4, -0.2) is 17.3 Å². The molecule has 0 spiro atoms. The zero-order valence-corrected chi connectivity index (χ0v) is 12.1. The number of rotatable bonds is 4. The molecule has 3 nitrogen and oxygen atoms in total. The molecule has 1 aromatic heterocycles. The minimum atomic E-state index is -0.451. The van der Waals surface area contributed by atoms with Crippen LogP contribution in [-0.2, 0) is 16.6 Å². The number of thiazole rings is 1. The number of ketones is 1. The number of Topliss-reactive ketones (excluding diaryl/α,β-unsaturated/α-hetero) is 1. The fraction of sp³-hybridized carbons (Fsp3) is 0.692. The number of aromatic nitrogens is 1. The van der Waals surface area contributed by atoms with Crippen molar-refractivity contribution in [3.63, 3.8) is 0 Å². The SMILES string of the molecule is CC(C)(CN)C(=O)Cc1nc(C(C)(C)C)cs1. The Morgan fingerprint density at radius 1 is 1.35 bits per heavy atom. The van der Waals surface area contributed by atoms with Crippen LogP contribution in [0.4, 0.5) is 0 Å². The summed E-state index contributed by atoms with van der Waals surface area (Å²) in [6, 6.07) is 0. The molecule has 0 unspecified atom stereocenters. The van der Waals surface area contributed by atoms with E-state index in [0.717, 1.165) is 10.7 Å². The van der Waals surface area contributed by atoms with Crippen molar-refractivity contribution >= 4 is 17.1 Å². The highest BCUT2D eigenvalue weighted by Gasteiger charge is 2.27.